The molecule has 0 aromatic rings. The molecule has 0 heterocycles. The fraction of sp³-hybridized carbons (Fsp3) is 1.00. The van der Waals surface area contributed by atoms with Crippen LogP contribution in [0.5, 0.6) is 0 Å². The number of nitrogens with two attached hydrogens (primary N) is 2. The quantitative estimate of drug-likeness (QED) is 0.525. The van der Waals surface area contributed by atoms with Gasteiger partial charge in [0.05, 0.1) is 12.2 Å². The largest absolute Gasteiger partial charge is 0.351 e. The minimum absolute atomic E-state index is 0.0555. The molecule has 0 fully saturated rings. The molecule has 4 heteroatoms. The van der Waals surface area contributed by atoms with E-state index in [2.05, 4.69) is 0 Å². The molecule has 0 aliphatic heterocycles. The van der Waals surface area contributed by atoms with Crippen LogP contribution < -0.4 is 11.5 Å². The van der Waals surface area contributed by atoms with Crippen molar-refractivity contribution in [3.05, 3.63) is 0 Å². The SMILES string of the molecule is CC(CN)OCOC(C)CN. The van der Waals surface area contributed by atoms with Gasteiger partial charge in [-0.15, -0.1) is 0 Å². The highest BCUT2D eigenvalue weighted by Gasteiger charge is 2.00. The standard InChI is InChI=1S/C7H18N2O2/c1-6(3-8)10-5-11-7(2)4-9/h6-7H,3-5,8-9H2,1-2H3. The maximum atomic E-state index is 5.32. The van der Waals surface area contributed by atoms with Crippen molar-refractivity contribution in [1.82, 2.24) is 0 Å². The van der Waals surface area contributed by atoms with Gasteiger partial charge in [0.1, 0.15) is 6.79 Å². The van der Waals surface area contributed by atoms with Crippen LogP contribution in [0.2, 0.25) is 0 Å². The lowest BCUT2D eigenvalue weighted by Crippen LogP contribution is -2.25. The van der Waals surface area contributed by atoms with E-state index in [1.807, 2.05) is 13.8 Å². The van der Waals surface area contributed by atoms with Crippen LogP contribution in [0, 0.1) is 0 Å². The summed E-state index contributed by atoms with van der Waals surface area (Å²) in [4.78, 5) is 0. The Morgan fingerprint density at radius 2 is 1.36 bits per heavy atom. The van der Waals surface area contributed by atoms with Crippen LogP contribution in [0.25, 0.3) is 0 Å². The third kappa shape index (κ3) is 6.25. The normalized spacial score (nSPS) is 16.4. The van der Waals surface area contributed by atoms with Crippen LogP contribution in [0.3, 0.4) is 0 Å². The van der Waals surface area contributed by atoms with Crippen molar-refractivity contribution in [2.24, 2.45) is 11.5 Å². The monoisotopic (exact) mass is 162 g/mol. The van der Waals surface area contributed by atoms with Crippen molar-refractivity contribution in [1.29, 1.82) is 0 Å². The molecule has 4 nitrogen and oxygen atoms in total. The molecule has 0 radical (unpaired) electrons. The number of rotatable bonds is 6. The highest BCUT2D eigenvalue weighted by atomic mass is 16.7. The molecule has 0 aromatic carbocycles. The Labute approximate surface area is 67.8 Å². The molecular formula is C7H18N2O2. The summed E-state index contributed by atoms with van der Waals surface area (Å²) in [6, 6.07) is 0. The van der Waals surface area contributed by atoms with E-state index in [0.29, 0.717) is 13.1 Å². The maximum absolute atomic E-state index is 5.32. The summed E-state index contributed by atoms with van der Waals surface area (Å²) < 4.78 is 10.3. The molecule has 0 aromatic heterocycles. The molecule has 2 unspecified atom stereocenters. The Kier molecular flexibility index (Phi) is 6.45. The second kappa shape index (κ2) is 6.54. The van der Waals surface area contributed by atoms with Crippen LogP contribution in [0.1, 0.15) is 13.8 Å². The third-order valence-electron chi connectivity index (χ3n) is 1.37. The molecule has 0 rings (SSSR count). The maximum Gasteiger partial charge on any atom is 0.147 e. The van der Waals surface area contributed by atoms with Gasteiger partial charge in [0.2, 0.25) is 0 Å². The molecule has 0 spiro atoms. The number of ether oxygens (including phenoxy) is 2. The summed E-state index contributed by atoms with van der Waals surface area (Å²) in [5, 5.41) is 0. The Morgan fingerprint density at radius 1 is 1.00 bits per heavy atom. The summed E-state index contributed by atoms with van der Waals surface area (Å²) in [5.41, 5.74) is 10.6. The van der Waals surface area contributed by atoms with Gasteiger partial charge in [0.15, 0.2) is 0 Å². The molecule has 0 aliphatic carbocycles. The van der Waals surface area contributed by atoms with E-state index in [1.54, 1.807) is 0 Å². The van der Waals surface area contributed by atoms with E-state index in [0.717, 1.165) is 0 Å². The van der Waals surface area contributed by atoms with Crippen molar-refractivity contribution in [2.75, 3.05) is 19.9 Å². The van der Waals surface area contributed by atoms with E-state index >= 15 is 0 Å². The van der Waals surface area contributed by atoms with Crippen LogP contribution in [-0.4, -0.2) is 32.1 Å². The fourth-order valence-electron chi connectivity index (χ4n) is 0.408. The summed E-state index contributed by atoms with van der Waals surface area (Å²) in [6.45, 7) is 5.10. The number of hydrogen-bond acceptors (Lipinski definition) is 4. The van der Waals surface area contributed by atoms with E-state index in [-0.39, 0.29) is 19.0 Å². The molecule has 0 amide bonds. The van der Waals surface area contributed by atoms with Gasteiger partial charge in [0, 0.05) is 13.1 Å². The van der Waals surface area contributed by atoms with Gasteiger partial charge in [-0.2, -0.15) is 0 Å². The first-order valence-corrected chi connectivity index (χ1v) is 3.84. The summed E-state index contributed by atoms with van der Waals surface area (Å²) >= 11 is 0. The Bertz CT molecular complexity index is 80.5. The fourth-order valence-corrected chi connectivity index (χ4v) is 0.408. The van der Waals surface area contributed by atoms with E-state index in [1.165, 1.54) is 0 Å². The Balaban J connectivity index is 3.13. The summed E-state index contributed by atoms with van der Waals surface area (Å²) in [5.74, 6) is 0. The van der Waals surface area contributed by atoms with Gasteiger partial charge >= 0.3 is 0 Å². The molecule has 11 heavy (non-hydrogen) atoms. The molecular weight excluding hydrogens is 144 g/mol. The van der Waals surface area contributed by atoms with Gasteiger partial charge in [-0.1, -0.05) is 0 Å². The van der Waals surface area contributed by atoms with Gasteiger partial charge in [-0.25, -0.2) is 0 Å². The zero-order chi connectivity index (χ0) is 8.69. The van der Waals surface area contributed by atoms with E-state index in [4.69, 9.17) is 20.9 Å². The zero-order valence-corrected chi connectivity index (χ0v) is 7.25. The molecule has 68 valence electrons. The zero-order valence-electron chi connectivity index (χ0n) is 7.25. The average Bonchev–Trinajstić information content (AvgIpc) is 2.04. The number of hydrogen-bond donors (Lipinski definition) is 2. The van der Waals surface area contributed by atoms with Crippen LogP contribution in [0.4, 0.5) is 0 Å². The average molecular weight is 162 g/mol. The molecule has 2 atom stereocenters. The first kappa shape index (κ1) is 10.8. The second-order valence-corrected chi connectivity index (χ2v) is 2.54. The van der Waals surface area contributed by atoms with E-state index in [9.17, 15) is 0 Å². The first-order chi connectivity index (χ1) is 5.20. The highest BCUT2D eigenvalue weighted by molar-refractivity contribution is 4.48. The minimum atomic E-state index is 0.0555. The smallest absolute Gasteiger partial charge is 0.147 e. The predicted molar refractivity (Wildman–Crippen MR) is 44.1 cm³/mol. The summed E-state index contributed by atoms with van der Waals surface area (Å²) in [6.07, 6.45) is 0.111. The van der Waals surface area contributed by atoms with Crippen molar-refractivity contribution >= 4 is 0 Å². The van der Waals surface area contributed by atoms with Crippen molar-refractivity contribution in [2.45, 2.75) is 26.1 Å². The lowest BCUT2D eigenvalue weighted by atomic mass is 10.4. The van der Waals surface area contributed by atoms with Crippen LogP contribution >= 0.6 is 0 Å². The summed E-state index contributed by atoms with van der Waals surface area (Å²) in [7, 11) is 0. The highest BCUT2D eigenvalue weighted by Crippen LogP contribution is 1.91. The molecule has 4 N–H and O–H groups in total. The van der Waals surface area contributed by atoms with Crippen molar-refractivity contribution < 1.29 is 9.47 Å². The van der Waals surface area contributed by atoms with Gasteiger partial charge in [0.25, 0.3) is 0 Å². The lowest BCUT2D eigenvalue weighted by Gasteiger charge is -2.13. The van der Waals surface area contributed by atoms with E-state index < -0.39 is 0 Å². The minimum Gasteiger partial charge on any atom is -0.351 e. The van der Waals surface area contributed by atoms with Crippen LogP contribution in [-0.2, 0) is 9.47 Å². The lowest BCUT2D eigenvalue weighted by molar-refractivity contribution is -0.104. The first-order valence-electron chi connectivity index (χ1n) is 3.84. The molecule has 0 aliphatic rings. The third-order valence-corrected chi connectivity index (χ3v) is 1.37. The van der Waals surface area contributed by atoms with Crippen molar-refractivity contribution in [3.8, 4) is 0 Å². The van der Waals surface area contributed by atoms with Gasteiger partial charge < -0.3 is 20.9 Å². The topological polar surface area (TPSA) is 70.5 Å². The Morgan fingerprint density at radius 3 is 1.64 bits per heavy atom. The predicted octanol–water partition coefficient (Wildman–Crippen LogP) is -0.328. The van der Waals surface area contributed by atoms with Crippen LogP contribution in [0.15, 0.2) is 0 Å². The van der Waals surface area contributed by atoms with Crippen molar-refractivity contribution in [3.63, 3.8) is 0 Å². The second-order valence-electron chi connectivity index (χ2n) is 2.54. The van der Waals surface area contributed by atoms with Gasteiger partial charge in [-0.3, -0.25) is 0 Å². The molecule has 0 bridgehead atoms. The van der Waals surface area contributed by atoms with Gasteiger partial charge in [-0.05, 0) is 13.8 Å². The molecule has 0 saturated heterocycles. The Hall–Kier alpha value is -0.160. The molecule has 0 saturated carbocycles.